The van der Waals surface area contributed by atoms with Crippen molar-refractivity contribution in [2.45, 2.75) is 82.9 Å². The van der Waals surface area contributed by atoms with E-state index < -0.39 is 12.2 Å². The van der Waals surface area contributed by atoms with E-state index in [4.69, 9.17) is 4.74 Å². The summed E-state index contributed by atoms with van der Waals surface area (Å²) in [6.07, 6.45) is 6.92. The molecule has 0 aromatic heterocycles. The Hall–Kier alpha value is -0.500. The normalized spacial score (nSPS) is 23.6. The van der Waals surface area contributed by atoms with Crippen LogP contribution in [0, 0.1) is 5.92 Å². The third-order valence-electron chi connectivity index (χ3n) is 4.57. The fourth-order valence-electron chi connectivity index (χ4n) is 3.22. The summed E-state index contributed by atoms with van der Waals surface area (Å²) >= 11 is 3.16. The first-order valence-corrected chi connectivity index (χ1v) is 12.5. The van der Waals surface area contributed by atoms with Gasteiger partial charge in [-0.25, -0.2) is 0 Å². The van der Waals surface area contributed by atoms with Gasteiger partial charge >= 0.3 is 5.97 Å². The molecule has 2 unspecified atom stereocenters. The molecule has 0 heterocycles. The van der Waals surface area contributed by atoms with Gasteiger partial charge < -0.3 is 14.9 Å². The van der Waals surface area contributed by atoms with Gasteiger partial charge in [-0.15, -0.1) is 0 Å². The number of hydrogen-bond acceptors (Lipinski definition) is 7. The maximum Gasteiger partial charge on any atom is 0.316 e. The molecule has 0 aromatic carbocycles. The summed E-state index contributed by atoms with van der Waals surface area (Å²) < 4.78 is 5.09. The molecule has 0 bridgehead atoms. The molecule has 1 fully saturated rings. The quantitative estimate of drug-likeness (QED) is 0.246. The van der Waals surface area contributed by atoms with Gasteiger partial charge in [0.1, 0.15) is 5.78 Å². The number of allylic oxidation sites excluding steroid dienone is 1. The van der Waals surface area contributed by atoms with E-state index in [1.165, 1.54) is 0 Å². The molecule has 0 saturated heterocycles. The predicted octanol–water partition coefficient (Wildman–Crippen LogP) is 3.61. The van der Waals surface area contributed by atoms with E-state index in [1.807, 2.05) is 26.0 Å². The van der Waals surface area contributed by atoms with Crippen molar-refractivity contribution in [2.24, 2.45) is 5.92 Å². The summed E-state index contributed by atoms with van der Waals surface area (Å²) in [5, 5.41) is 20.2. The molecule has 7 heteroatoms. The van der Waals surface area contributed by atoms with Crippen molar-refractivity contribution < 1.29 is 24.5 Å². The van der Waals surface area contributed by atoms with Crippen LogP contribution in [-0.2, 0) is 14.3 Å². The molecule has 5 nitrogen and oxygen atoms in total. The Balaban J connectivity index is 2.28. The van der Waals surface area contributed by atoms with E-state index in [0.717, 1.165) is 24.3 Å². The maximum absolute atomic E-state index is 12.2. The predicted molar refractivity (Wildman–Crippen MR) is 118 cm³/mol. The Morgan fingerprint density at radius 1 is 1.32 bits per heavy atom. The van der Waals surface area contributed by atoms with Gasteiger partial charge in [-0.3, -0.25) is 9.59 Å². The van der Waals surface area contributed by atoms with Crippen molar-refractivity contribution in [2.75, 3.05) is 17.3 Å². The number of rotatable bonds is 14. The van der Waals surface area contributed by atoms with E-state index in [2.05, 4.69) is 6.92 Å². The molecule has 1 aliphatic carbocycles. The van der Waals surface area contributed by atoms with Crippen LogP contribution in [0.2, 0.25) is 0 Å². The maximum atomic E-state index is 12.2. The van der Waals surface area contributed by atoms with Crippen LogP contribution in [0.3, 0.4) is 0 Å². The lowest BCUT2D eigenvalue weighted by Gasteiger charge is -2.21. The van der Waals surface area contributed by atoms with Gasteiger partial charge in [0.15, 0.2) is 0 Å². The number of aliphatic hydroxyl groups excluding tert-OH is 2. The van der Waals surface area contributed by atoms with Crippen LogP contribution in [-0.4, -0.2) is 62.8 Å². The summed E-state index contributed by atoms with van der Waals surface area (Å²) in [6.45, 7) is 5.73. The third kappa shape index (κ3) is 10.3. The Bertz CT molecular complexity index is 495. The first-order chi connectivity index (χ1) is 13.3. The number of hydrogen-bond donors (Lipinski definition) is 2. The Labute approximate surface area is 178 Å². The summed E-state index contributed by atoms with van der Waals surface area (Å²) in [6, 6.07) is 0. The van der Waals surface area contributed by atoms with Gasteiger partial charge in [0, 0.05) is 12.3 Å². The van der Waals surface area contributed by atoms with Crippen LogP contribution in [0.15, 0.2) is 12.2 Å². The second kappa shape index (κ2) is 14.5. The zero-order valence-electron chi connectivity index (χ0n) is 17.3. The topological polar surface area (TPSA) is 83.8 Å². The van der Waals surface area contributed by atoms with Crippen LogP contribution >= 0.6 is 23.5 Å². The van der Waals surface area contributed by atoms with Gasteiger partial charge in [0.05, 0.1) is 29.3 Å². The molecular weight excluding hydrogens is 396 g/mol. The smallest absolute Gasteiger partial charge is 0.316 e. The highest BCUT2D eigenvalue weighted by Gasteiger charge is 2.41. The number of carbonyl (C=O) groups excluding carboxylic acids is 2. The Morgan fingerprint density at radius 3 is 2.75 bits per heavy atom. The Kier molecular flexibility index (Phi) is 13.2. The van der Waals surface area contributed by atoms with Gasteiger partial charge in [-0.1, -0.05) is 19.1 Å². The number of carbonyl (C=O) groups is 2. The van der Waals surface area contributed by atoms with Crippen LogP contribution in [0.5, 0.6) is 0 Å². The van der Waals surface area contributed by atoms with E-state index >= 15 is 0 Å². The number of ether oxygens (including phenoxy) is 1. The largest absolute Gasteiger partial charge is 0.462 e. The average Bonchev–Trinajstić information content (AvgIpc) is 2.88. The molecule has 0 amide bonds. The van der Waals surface area contributed by atoms with Gasteiger partial charge in [0.2, 0.25) is 0 Å². The standard InChI is InChI=1S/C21H36O5S2/c1-4-5-6-8-16(22)9-10-17-18(23)13-19(24)21(17)28-12-7-11-27-14-20(25)26-15(2)3/h5-6,15-18,21-23H,4,7-14H2,1-3H3/t16?,17-,18+,21?/m0/s1. The molecule has 4 atom stereocenters. The highest BCUT2D eigenvalue weighted by molar-refractivity contribution is 8.01. The molecule has 0 spiro atoms. The lowest BCUT2D eigenvalue weighted by atomic mass is 9.96. The van der Waals surface area contributed by atoms with Gasteiger partial charge in [0.25, 0.3) is 0 Å². The fraction of sp³-hybridized carbons (Fsp3) is 0.810. The Morgan fingerprint density at radius 2 is 2.07 bits per heavy atom. The molecule has 0 aliphatic heterocycles. The molecule has 1 aliphatic rings. The number of esters is 1. The molecule has 162 valence electrons. The molecular formula is C21H36O5S2. The van der Waals surface area contributed by atoms with Crippen molar-refractivity contribution in [1.29, 1.82) is 0 Å². The van der Waals surface area contributed by atoms with Crippen molar-refractivity contribution >= 4 is 35.3 Å². The summed E-state index contributed by atoms with van der Waals surface area (Å²) in [4.78, 5) is 23.7. The van der Waals surface area contributed by atoms with Crippen molar-refractivity contribution in [3.63, 3.8) is 0 Å². The summed E-state index contributed by atoms with van der Waals surface area (Å²) in [7, 11) is 0. The second-order valence-electron chi connectivity index (χ2n) is 7.48. The van der Waals surface area contributed by atoms with E-state index in [1.54, 1.807) is 23.5 Å². The highest BCUT2D eigenvalue weighted by atomic mass is 32.2. The lowest BCUT2D eigenvalue weighted by Crippen LogP contribution is -2.25. The molecule has 28 heavy (non-hydrogen) atoms. The summed E-state index contributed by atoms with van der Waals surface area (Å²) in [5.41, 5.74) is 0. The average molecular weight is 433 g/mol. The number of Topliss-reactive ketones (excluding diaryl/α,β-unsaturated/α-hetero) is 1. The van der Waals surface area contributed by atoms with E-state index in [-0.39, 0.29) is 35.4 Å². The molecule has 0 radical (unpaired) electrons. The summed E-state index contributed by atoms with van der Waals surface area (Å²) in [5.74, 6) is 1.89. The first kappa shape index (κ1) is 25.5. The van der Waals surface area contributed by atoms with Gasteiger partial charge in [-0.05, 0) is 57.5 Å². The monoisotopic (exact) mass is 432 g/mol. The van der Waals surface area contributed by atoms with Crippen molar-refractivity contribution in [3.05, 3.63) is 12.2 Å². The lowest BCUT2D eigenvalue weighted by molar-refractivity contribution is -0.144. The second-order valence-corrected chi connectivity index (χ2v) is 9.84. The number of ketones is 1. The zero-order chi connectivity index (χ0) is 20.9. The van der Waals surface area contributed by atoms with E-state index in [9.17, 15) is 19.8 Å². The van der Waals surface area contributed by atoms with Crippen molar-refractivity contribution in [1.82, 2.24) is 0 Å². The molecule has 2 N–H and O–H groups in total. The van der Waals surface area contributed by atoms with E-state index in [0.29, 0.717) is 25.0 Å². The highest BCUT2D eigenvalue weighted by Crippen LogP contribution is 2.36. The first-order valence-electron chi connectivity index (χ1n) is 10.3. The molecule has 1 rings (SSSR count). The van der Waals surface area contributed by atoms with Crippen LogP contribution < -0.4 is 0 Å². The minimum absolute atomic E-state index is 0.0732. The molecule has 1 saturated carbocycles. The van der Waals surface area contributed by atoms with Crippen molar-refractivity contribution in [3.8, 4) is 0 Å². The van der Waals surface area contributed by atoms with Crippen LogP contribution in [0.1, 0.15) is 59.3 Å². The van der Waals surface area contributed by atoms with Crippen LogP contribution in [0.25, 0.3) is 0 Å². The number of thioether (sulfide) groups is 2. The minimum Gasteiger partial charge on any atom is -0.462 e. The van der Waals surface area contributed by atoms with Crippen LogP contribution in [0.4, 0.5) is 0 Å². The fourth-order valence-corrected chi connectivity index (χ4v) is 5.54. The molecule has 0 aromatic rings. The van der Waals surface area contributed by atoms with Gasteiger partial charge in [-0.2, -0.15) is 23.5 Å². The minimum atomic E-state index is -0.594. The zero-order valence-corrected chi connectivity index (χ0v) is 19.0. The SMILES string of the molecule is CCC=CCC(O)CC[C@@H]1C(SCCCSCC(=O)OC(C)C)C(=O)C[C@H]1O. The number of aliphatic hydroxyl groups is 2. The third-order valence-corrected chi connectivity index (χ3v) is 7.09.